The monoisotopic (exact) mass is 521 g/mol. The van der Waals surface area contributed by atoms with Gasteiger partial charge in [0.1, 0.15) is 17.3 Å². The van der Waals surface area contributed by atoms with Gasteiger partial charge in [0, 0.05) is 43.7 Å². The number of nitrogens with zero attached hydrogens (tertiary/aromatic N) is 2. The van der Waals surface area contributed by atoms with E-state index in [-0.39, 0.29) is 24.0 Å². The minimum absolute atomic E-state index is 0. The Bertz CT molecular complexity index is 981. The van der Waals surface area contributed by atoms with Crippen LogP contribution in [0.1, 0.15) is 5.56 Å². The topological polar surface area (TPSA) is 79.8 Å². The standard InChI is InChI=1S/C22H27N5O2.HI/c1-23-22(26-15-17-8-10-18(28-2)14-20(17)29-3)25-13-12-24-21-11-9-16-6-4-5-7-19(16)27-21;/h4-11,14H,12-13,15H2,1-3H3,(H,24,27)(H2,23,25,26);1H. The zero-order chi connectivity index (χ0) is 20.5. The summed E-state index contributed by atoms with van der Waals surface area (Å²) in [6.45, 7) is 2.01. The number of guanidine groups is 1. The predicted octanol–water partition coefficient (Wildman–Crippen LogP) is 3.65. The molecule has 0 aliphatic carbocycles. The summed E-state index contributed by atoms with van der Waals surface area (Å²) < 4.78 is 10.7. The molecule has 1 heterocycles. The molecule has 1 aromatic heterocycles. The van der Waals surface area contributed by atoms with Crippen molar-refractivity contribution in [3.05, 3.63) is 60.2 Å². The number of anilines is 1. The summed E-state index contributed by atoms with van der Waals surface area (Å²) in [4.78, 5) is 8.88. The number of nitrogens with one attached hydrogen (secondary N) is 3. The van der Waals surface area contributed by atoms with E-state index < -0.39 is 0 Å². The smallest absolute Gasteiger partial charge is 0.191 e. The molecule has 30 heavy (non-hydrogen) atoms. The second-order valence-corrected chi connectivity index (χ2v) is 6.35. The van der Waals surface area contributed by atoms with Crippen LogP contribution in [0.4, 0.5) is 5.82 Å². The summed E-state index contributed by atoms with van der Waals surface area (Å²) in [5.74, 6) is 3.12. The van der Waals surface area contributed by atoms with Gasteiger partial charge in [0.2, 0.25) is 0 Å². The number of rotatable bonds is 8. The summed E-state index contributed by atoms with van der Waals surface area (Å²) in [5, 5.41) is 11.1. The quantitative estimate of drug-likeness (QED) is 0.182. The molecule has 0 fully saturated rings. The van der Waals surface area contributed by atoms with Gasteiger partial charge < -0.3 is 25.4 Å². The van der Waals surface area contributed by atoms with Crippen LogP contribution >= 0.6 is 24.0 Å². The van der Waals surface area contributed by atoms with Crippen LogP contribution in [0.15, 0.2) is 59.6 Å². The first-order valence-electron chi connectivity index (χ1n) is 9.48. The Kier molecular flexibility index (Phi) is 9.46. The van der Waals surface area contributed by atoms with Gasteiger partial charge in [-0.25, -0.2) is 4.98 Å². The van der Waals surface area contributed by atoms with Crippen molar-refractivity contribution in [3.63, 3.8) is 0 Å². The van der Waals surface area contributed by atoms with E-state index in [0.717, 1.165) is 46.3 Å². The molecule has 3 aromatic rings. The highest BCUT2D eigenvalue weighted by molar-refractivity contribution is 14.0. The number of aliphatic imine (C=N–C) groups is 1. The van der Waals surface area contributed by atoms with Gasteiger partial charge in [-0.05, 0) is 30.3 Å². The van der Waals surface area contributed by atoms with Crippen LogP contribution in [0.25, 0.3) is 10.9 Å². The molecule has 0 spiro atoms. The number of halogens is 1. The molecule has 2 aromatic carbocycles. The molecule has 0 aliphatic rings. The Balaban J connectivity index is 0.00000320. The summed E-state index contributed by atoms with van der Waals surface area (Å²) in [6, 6.07) is 17.9. The SMILES string of the molecule is CN=C(NCCNc1ccc2ccccc2n1)NCc1ccc(OC)cc1OC.I. The van der Waals surface area contributed by atoms with Crippen molar-refractivity contribution in [2.24, 2.45) is 4.99 Å². The van der Waals surface area contributed by atoms with Gasteiger partial charge in [-0.2, -0.15) is 0 Å². The van der Waals surface area contributed by atoms with Crippen molar-refractivity contribution >= 4 is 46.7 Å². The maximum Gasteiger partial charge on any atom is 0.191 e. The number of hydrogen-bond donors (Lipinski definition) is 3. The average Bonchev–Trinajstić information content (AvgIpc) is 2.78. The highest BCUT2D eigenvalue weighted by atomic mass is 127. The van der Waals surface area contributed by atoms with Crippen LogP contribution in [0.5, 0.6) is 11.5 Å². The summed E-state index contributed by atoms with van der Waals surface area (Å²) >= 11 is 0. The molecule has 0 atom stereocenters. The zero-order valence-corrected chi connectivity index (χ0v) is 19.8. The number of fused-ring (bicyclic) bond motifs is 1. The number of hydrogen-bond acceptors (Lipinski definition) is 5. The first-order valence-corrected chi connectivity index (χ1v) is 9.48. The van der Waals surface area contributed by atoms with Gasteiger partial charge in [-0.1, -0.05) is 18.2 Å². The molecule has 0 unspecified atom stereocenters. The lowest BCUT2D eigenvalue weighted by atomic mass is 10.2. The molecule has 0 bridgehead atoms. The number of benzene rings is 2. The van der Waals surface area contributed by atoms with Gasteiger partial charge >= 0.3 is 0 Å². The Morgan fingerprint density at radius 1 is 0.967 bits per heavy atom. The lowest BCUT2D eigenvalue weighted by Crippen LogP contribution is -2.39. The van der Waals surface area contributed by atoms with Gasteiger partial charge in [0.25, 0.3) is 0 Å². The molecule has 0 saturated heterocycles. The third-order valence-electron chi connectivity index (χ3n) is 4.49. The van der Waals surface area contributed by atoms with E-state index in [4.69, 9.17) is 9.47 Å². The van der Waals surface area contributed by atoms with Crippen LogP contribution in [-0.4, -0.2) is 45.3 Å². The Labute approximate surface area is 194 Å². The molecule has 3 rings (SSSR count). The number of para-hydroxylation sites is 1. The van der Waals surface area contributed by atoms with Crippen LogP contribution in [0.2, 0.25) is 0 Å². The Hall–Kier alpha value is -2.75. The van der Waals surface area contributed by atoms with E-state index in [1.54, 1.807) is 21.3 Å². The number of methoxy groups -OCH3 is 2. The van der Waals surface area contributed by atoms with Crippen LogP contribution in [0.3, 0.4) is 0 Å². The molecule has 0 saturated carbocycles. The van der Waals surface area contributed by atoms with E-state index >= 15 is 0 Å². The van der Waals surface area contributed by atoms with Crippen molar-refractivity contribution in [1.82, 2.24) is 15.6 Å². The van der Waals surface area contributed by atoms with Crippen molar-refractivity contribution in [1.29, 1.82) is 0 Å². The molecular weight excluding hydrogens is 493 g/mol. The minimum Gasteiger partial charge on any atom is -0.497 e. The molecule has 0 amide bonds. The lowest BCUT2D eigenvalue weighted by Gasteiger charge is -2.15. The molecule has 3 N–H and O–H groups in total. The van der Waals surface area contributed by atoms with E-state index in [9.17, 15) is 0 Å². The van der Waals surface area contributed by atoms with Crippen molar-refractivity contribution in [2.75, 3.05) is 39.7 Å². The summed E-state index contributed by atoms with van der Waals surface area (Å²) in [5.41, 5.74) is 2.01. The highest BCUT2D eigenvalue weighted by Gasteiger charge is 2.06. The van der Waals surface area contributed by atoms with Gasteiger partial charge in [-0.15, -0.1) is 24.0 Å². The fourth-order valence-corrected chi connectivity index (χ4v) is 2.93. The summed E-state index contributed by atoms with van der Waals surface area (Å²) in [7, 11) is 5.04. The van der Waals surface area contributed by atoms with Crippen LogP contribution in [0, 0.1) is 0 Å². The normalized spacial score (nSPS) is 10.8. The first-order chi connectivity index (χ1) is 14.2. The van der Waals surface area contributed by atoms with Crippen LogP contribution < -0.4 is 25.4 Å². The maximum atomic E-state index is 5.43. The Morgan fingerprint density at radius 2 is 1.80 bits per heavy atom. The number of pyridine rings is 1. The van der Waals surface area contributed by atoms with E-state index in [1.165, 1.54) is 0 Å². The van der Waals surface area contributed by atoms with Gasteiger partial charge in [0.15, 0.2) is 5.96 Å². The zero-order valence-electron chi connectivity index (χ0n) is 17.4. The molecule has 0 aliphatic heterocycles. The third kappa shape index (κ3) is 6.38. The third-order valence-corrected chi connectivity index (χ3v) is 4.49. The number of aromatic nitrogens is 1. The van der Waals surface area contributed by atoms with Crippen molar-refractivity contribution < 1.29 is 9.47 Å². The first kappa shape index (κ1) is 23.5. The predicted molar refractivity (Wildman–Crippen MR) is 133 cm³/mol. The number of ether oxygens (including phenoxy) is 2. The molecule has 7 nitrogen and oxygen atoms in total. The Morgan fingerprint density at radius 3 is 2.57 bits per heavy atom. The van der Waals surface area contributed by atoms with E-state index in [2.05, 4.69) is 38.1 Å². The van der Waals surface area contributed by atoms with Gasteiger partial charge in [-0.3, -0.25) is 4.99 Å². The highest BCUT2D eigenvalue weighted by Crippen LogP contribution is 2.24. The lowest BCUT2D eigenvalue weighted by molar-refractivity contribution is 0.390. The summed E-state index contributed by atoms with van der Waals surface area (Å²) in [6.07, 6.45) is 0. The fraction of sp³-hybridized carbons (Fsp3) is 0.273. The van der Waals surface area contributed by atoms with Crippen LogP contribution in [-0.2, 0) is 6.54 Å². The van der Waals surface area contributed by atoms with Crippen molar-refractivity contribution in [3.8, 4) is 11.5 Å². The second kappa shape index (κ2) is 12.1. The van der Waals surface area contributed by atoms with E-state index in [1.807, 2.05) is 42.5 Å². The average molecular weight is 521 g/mol. The molecule has 8 heteroatoms. The molecule has 160 valence electrons. The van der Waals surface area contributed by atoms with Gasteiger partial charge in [0.05, 0.1) is 19.7 Å². The largest absolute Gasteiger partial charge is 0.497 e. The maximum absolute atomic E-state index is 5.43. The minimum atomic E-state index is 0. The molecule has 0 radical (unpaired) electrons. The fourth-order valence-electron chi connectivity index (χ4n) is 2.93. The molecular formula is C22H28IN5O2. The second-order valence-electron chi connectivity index (χ2n) is 6.35. The van der Waals surface area contributed by atoms with Crippen molar-refractivity contribution in [2.45, 2.75) is 6.54 Å². The van der Waals surface area contributed by atoms with E-state index in [0.29, 0.717) is 13.1 Å².